The van der Waals surface area contributed by atoms with Crippen molar-refractivity contribution in [2.24, 2.45) is 17.3 Å². The van der Waals surface area contributed by atoms with E-state index in [0.717, 1.165) is 69.6 Å². The Morgan fingerprint density at radius 3 is 2.69 bits per heavy atom. The molecule has 3 fully saturated rings. The maximum atomic E-state index is 12.3. The smallest absolute Gasteiger partial charge is 0.226 e. The van der Waals surface area contributed by atoms with E-state index in [1.165, 1.54) is 25.7 Å². The van der Waals surface area contributed by atoms with Crippen molar-refractivity contribution in [1.82, 2.24) is 19.9 Å². The number of carbonyl (C=O) groups is 1. The Kier molecular flexibility index (Phi) is 5.04. The monoisotopic (exact) mass is 360 g/mol. The molecule has 0 atom stereocenters. The molecule has 0 aromatic carbocycles. The van der Waals surface area contributed by atoms with Crippen LogP contribution in [0.4, 0.5) is 0 Å². The SMILES string of the molecule is CC(C)Cc1nc(CN2CCC3(CCC(=O)N(CC4CC4)C3)CC2)no1. The summed E-state index contributed by atoms with van der Waals surface area (Å²) in [6.45, 7) is 9.23. The van der Waals surface area contributed by atoms with Crippen LogP contribution in [0.2, 0.25) is 0 Å². The molecule has 4 rings (SSSR count). The van der Waals surface area contributed by atoms with E-state index >= 15 is 0 Å². The summed E-state index contributed by atoms with van der Waals surface area (Å²) in [5.41, 5.74) is 0.347. The van der Waals surface area contributed by atoms with Gasteiger partial charge in [-0.15, -0.1) is 0 Å². The van der Waals surface area contributed by atoms with E-state index in [2.05, 4.69) is 33.8 Å². The van der Waals surface area contributed by atoms with Crippen LogP contribution in [0.3, 0.4) is 0 Å². The molecule has 1 spiro atoms. The van der Waals surface area contributed by atoms with Crippen LogP contribution in [0, 0.1) is 17.3 Å². The lowest BCUT2D eigenvalue weighted by Gasteiger charge is -2.47. The number of hydrogen-bond acceptors (Lipinski definition) is 5. The van der Waals surface area contributed by atoms with Crippen LogP contribution in [0.25, 0.3) is 0 Å². The van der Waals surface area contributed by atoms with Gasteiger partial charge < -0.3 is 9.42 Å². The van der Waals surface area contributed by atoms with Crippen molar-refractivity contribution in [3.8, 4) is 0 Å². The highest BCUT2D eigenvalue weighted by atomic mass is 16.5. The highest BCUT2D eigenvalue weighted by Crippen LogP contribution is 2.41. The molecule has 3 heterocycles. The van der Waals surface area contributed by atoms with Crippen molar-refractivity contribution in [3.05, 3.63) is 11.7 Å². The molecule has 2 saturated heterocycles. The fourth-order valence-electron chi connectivity index (χ4n) is 4.46. The van der Waals surface area contributed by atoms with Crippen LogP contribution in [0.1, 0.15) is 64.1 Å². The summed E-state index contributed by atoms with van der Waals surface area (Å²) < 4.78 is 5.36. The number of carbonyl (C=O) groups excluding carboxylic acids is 1. The third kappa shape index (κ3) is 4.27. The van der Waals surface area contributed by atoms with Gasteiger partial charge in [-0.2, -0.15) is 4.98 Å². The standard InChI is InChI=1S/C20H32N4O2/c1-15(2)11-18-21-17(22-26-18)13-23-9-7-20(8-10-23)6-5-19(25)24(14-20)12-16-3-4-16/h15-16H,3-14H2,1-2H3. The van der Waals surface area contributed by atoms with Crippen molar-refractivity contribution in [2.45, 2.75) is 65.3 Å². The maximum absolute atomic E-state index is 12.3. The van der Waals surface area contributed by atoms with Crippen LogP contribution in [0.15, 0.2) is 4.52 Å². The molecule has 0 unspecified atom stereocenters. The zero-order chi connectivity index (χ0) is 18.1. The number of rotatable bonds is 6. The number of nitrogens with zero attached hydrogens (tertiary/aromatic N) is 4. The first-order valence-corrected chi connectivity index (χ1v) is 10.3. The van der Waals surface area contributed by atoms with Crippen LogP contribution >= 0.6 is 0 Å². The lowest BCUT2D eigenvalue weighted by molar-refractivity contribution is -0.139. The van der Waals surface area contributed by atoms with Crippen molar-refractivity contribution in [1.29, 1.82) is 0 Å². The quantitative estimate of drug-likeness (QED) is 0.780. The highest BCUT2D eigenvalue weighted by molar-refractivity contribution is 5.77. The Labute approximate surface area is 156 Å². The molecule has 26 heavy (non-hydrogen) atoms. The average Bonchev–Trinajstić information content (AvgIpc) is 3.32. The van der Waals surface area contributed by atoms with Crippen LogP contribution in [-0.4, -0.2) is 52.0 Å². The summed E-state index contributed by atoms with van der Waals surface area (Å²) in [6, 6.07) is 0. The second-order valence-electron chi connectivity index (χ2n) is 9.20. The molecular weight excluding hydrogens is 328 g/mol. The first-order chi connectivity index (χ1) is 12.5. The summed E-state index contributed by atoms with van der Waals surface area (Å²) >= 11 is 0. The predicted molar refractivity (Wildman–Crippen MR) is 98.3 cm³/mol. The fraction of sp³-hybridized carbons (Fsp3) is 0.850. The summed E-state index contributed by atoms with van der Waals surface area (Å²) in [6.07, 6.45) is 7.65. The minimum Gasteiger partial charge on any atom is -0.342 e. The molecule has 144 valence electrons. The predicted octanol–water partition coefficient (Wildman–Crippen LogP) is 2.88. The van der Waals surface area contributed by atoms with E-state index in [1.807, 2.05) is 0 Å². The molecule has 1 aromatic heterocycles. The molecular formula is C20H32N4O2. The van der Waals surface area contributed by atoms with Gasteiger partial charge in [0.2, 0.25) is 11.8 Å². The number of hydrogen-bond donors (Lipinski definition) is 0. The Hall–Kier alpha value is -1.43. The van der Waals surface area contributed by atoms with E-state index in [1.54, 1.807) is 0 Å². The second-order valence-corrected chi connectivity index (χ2v) is 9.20. The molecule has 6 heteroatoms. The Bertz CT molecular complexity index is 630. The molecule has 0 bridgehead atoms. The van der Waals surface area contributed by atoms with Crippen LogP contribution in [0.5, 0.6) is 0 Å². The van der Waals surface area contributed by atoms with Gasteiger partial charge in [-0.1, -0.05) is 19.0 Å². The van der Waals surface area contributed by atoms with E-state index in [4.69, 9.17) is 4.52 Å². The van der Waals surface area contributed by atoms with E-state index < -0.39 is 0 Å². The fourth-order valence-corrected chi connectivity index (χ4v) is 4.46. The molecule has 3 aliphatic rings. The first-order valence-electron chi connectivity index (χ1n) is 10.3. The van der Waals surface area contributed by atoms with E-state index in [9.17, 15) is 4.79 Å². The third-order valence-electron chi connectivity index (χ3n) is 6.30. The molecule has 2 aliphatic heterocycles. The molecule has 1 amide bonds. The zero-order valence-corrected chi connectivity index (χ0v) is 16.2. The van der Waals surface area contributed by atoms with Crippen LogP contribution in [-0.2, 0) is 17.8 Å². The maximum Gasteiger partial charge on any atom is 0.226 e. The Morgan fingerprint density at radius 2 is 2.00 bits per heavy atom. The van der Waals surface area contributed by atoms with Crippen molar-refractivity contribution < 1.29 is 9.32 Å². The van der Waals surface area contributed by atoms with Gasteiger partial charge >= 0.3 is 0 Å². The summed E-state index contributed by atoms with van der Waals surface area (Å²) in [7, 11) is 0. The summed E-state index contributed by atoms with van der Waals surface area (Å²) in [5, 5.41) is 4.15. The number of piperidine rings is 2. The average molecular weight is 361 g/mol. The zero-order valence-electron chi connectivity index (χ0n) is 16.2. The first kappa shape index (κ1) is 18.0. The van der Waals surface area contributed by atoms with Gasteiger partial charge in [0, 0.05) is 25.9 Å². The molecule has 6 nitrogen and oxygen atoms in total. The number of amides is 1. The molecule has 0 N–H and O–H groups in total. The number of likely N-dealkylation sites (tertiary alicyclic amines) is 2. The highest BCUT2D eigenvalue weighted by Gasteiger charge is 2.42. The van der Waals surface area contributed by atoms with Crippen molar-refractivity contribution in [2.75, 3.05) is 26.2 Å². The minimum atomic E-state index is 0.347. The lowest BCUT2D eigenvalue weighted by Crippen LogP contribution is -2.51. The van der Waals surface area contributed by atoms with Gasteiger partial charge in [0.05, 0.1) is 6.54 Å². The van der Waals surface area contributed by atoms with Gasteiger partial charge in [0.1, 0.15) is 0 Å². The van der Waals surface area contributed by atoms with Gasteiger partial charge in [0.25, 0.3) is 0 Å². The van der Waals surface area contributed by atoms with Gasteiger partial charge in [-0.05, 0) is 62.4 Å². The summed E-state index contributed by atoms with van der Waals surface area (Å²) in [5.74, 6) is 3.27. The van der Waals surface area contributed by atoms with Gasteiger partial charge in [0.15, 0.2) is 5.82 Å². The molecule has 0 radical (unpaired) electrons. The largest absolute Gasteiger partial charge is 0.342 e. The normalized spacial score (nSPS) is 24.0. The number of aromatic nitrogens is 2. The van der Waals surface area contributed by atoms with Gasteiger partial charge in [-0.25, -0.2) is 0 Å². The Balaban J connectivity index is 1.29. The Morgan fingerprint density at radius 1 is 1.23 bits per heavy atom. The van der Waals surface area contributed by atoms with Crippen LogP contribution < -0.4 is 0 Å². The lowest BCUT2D eigenvalue weighted by atomic mass is 9.72. The van der Waals surface area contributed by atoms with E-state index in [-0.39, 0.29) is 0 Å². The topological polar surface area (TPSA) is 62.5 Å². The van der Waals surface area contributed by atoms with Crippen molar-refractivity contribution >= 4 is 5.91 Å². The second kappa shape index (κ2) is 7.29. The molecule has 1 saturated carbocycles. The van der Waals surface area contributed by atoms with E-state index in [0.29, 0.717) is 17.2 Å². The molecule has 1 aliphatic carbocycles. The third-order valence-corrected chi connectivity index (χ3v) is 6.30. The summed E-state index contributed by atoms with van der Waals surface area (Å²) in [4.78, 5) is 21.4. The molecule has 1 aromatic rings. The van der Waals surface area contributed by atoms with Crippen molar-refractivity contribution in [3.63, 3.8) is 0 Å². The van der Waals surface area contributed by atoms with Gasteiger partial charge in [-0.3, -0.25) is 9.69 Å². The minimum absolute atomic E-state index is 0.347.